The Morgan fingerprint density at radius 2 is 1.90 bits per heavy atom. The zero-order chi connectivity index (χ0) is 15.4. The van der Waals surface area contributed by atoms with Crippen LogP contribution in [0.15, 0.2) is 28.7 Å². The van der Waals surface area contributed by atoms with Crippen molar-refractivity contribution < 1.29 is 4.42 Å². The van der Waals surface area contributed by atoms with Crippen molar-refractivity contribution in [3.8, 4) is 0 Å². The molecule has 0 aliphatic heterocycles. The Labute approximate surface area is 126 Å². The molecule has 0 radical (unpaired) electrons. The molecule has 0 saturated carbocycles. The fourth-order valence-electron chi connectivity index (χ4n) is 2.13. The summed E-state index contributed by atoms with van der Waals surface area (Å²) in [4.78, 5) is 4.14. The van der Waals surface area contributed by atoms with E-state index >= 15 is 0 Å². The van der Waals surface area contributed by atoms with Crippen molar-refractivity contribution in [2.75, 3.05) is 19.0 Å². The number of hydrogen-bond acceptors (Lipinski definition) is 5. The highest BCUT2D eigenvalue weighted by atomic mass is 16.4. The molecule has 0 aliphatic carbocycles. The highest BCUT2D eigenvalue weighted by Crippen LogP contribution is 2.15. The number of anilines is 1. The molecule has 0 fully saturated rings. The zero-order valence-corrected chi connectivity index (χ0v) is 13.5. The van der Waals surface area contributed by atoms with Crippen molar-refractivity contribution in [3.05, 3.63) is 41.3 Å². The standard InChI is InChI=1S/C16H24N4O/c1-12(2)20(10-14-8-6-7-13(3)9-14)11-15-17-18-16(21-15)19(4)5/h6-9,12H,10-11H2,1-5H3. The van der Waals surface area contributed by atoms with E-state index in [-0.39, 0.29) is 0 Å². The molecule has 0 N–H and O–H groups in total. The third kappa shape index (κ3) is 4.29. The van der Waals surface area contributed by atoms with Crippen LogP contribution >= 0.6 is 0 Å². The molecular weight excluding hydrogens is 264 g/mol. The summed E-state index contributed by atoms with van der Waals surface area (Å²) in [6, 6.07) is 9.53. The molecule has 0 unspecified atom stereocenters. The van der Waals surface area contributed by atoms with Gasteiger partial charge >= 0.3 is 6.01 Å². The lowest BCUT2D eigenvalue weighted by Gasteiger charge is -2.25. The van der Waals surface area contributed by atoms with E-state index in [0.717, 1.165) is 6.54 Å². The Morgan fingerprint density at radius 3 is 2.48 bits per heavy atom. The molecule has 0 spiro atoms. The van der Waals surface area contributed by atoms with Crippen molar-refractivity contribution in [1.82, 2.24) is 15.1 Å². The van der Waals surface area contributed by atoms with Gasteiger partial charge in [0.25, 0.3) is 0 Å². The van der Waals surface area contributed by atoms with Crippen molar-refractivity contribution in [3.63, 3.8) is 0 Å². The molecule has 0 aliphatic rings. The smallest absolute Gasteiger partial charge is 0.317 e. The molecule has 5 heteroatoms. The Bertz CT molecular complexity index is 577. The van der Waals surface area contributed by atoms with Gasteiger partial charge in [0.15, 0.2) is 0 Å². The summed E-state index contributed by atoms with van der Waals surface area (Å²) < 4.78 is 5.65. The lowest BCUT2D eigenvalue weighted by atomic mass is 10.1. The van der Waals surface area contributed by atoms with Gasteiger partial charge < -0.3 is 9.32 Å². The van der Waals surface area contributed by atoms with Crippen LogP contribution in [0.5, 0.6) is 0 Å². The minimum absolute atomic E-state index is 0.403. The van der Waals surface area contributed by atoms with Gasteiger partial charge in [-0.15, -0.1) is 5.10 Å². The van der Waals surface area contributed by atoms with Gasteiger partial charge in [-0.05, 0) is 26.3 Å². The van der Waals surface area contributed by atoms with E-state index in [9.17, 15) is 0 Å². The van der Waals surface area contributed by atoms with E-state index in [1.807, 2.05) is 19.0 Å². The number of nitrogens with zero attached hydrogens (tertiary/aromatic N) is 4. The van der Waals surface area contributed by atoms with Crippen molar-refractivity contribution in [2.24, 2.45) is 0 Å². The molecule has 0 amide bonds. The summed E-state index contributed by atoms with van der Waals surface area (Å²) in [6.45, 7) is 8.01. The number of aryl methyl sites for hydroxylation is 1. The molecule has 2 aromatic rings. The Morgan fingerprint density at radius 1 is 1.14 bits per heavy atom. The maximum atomic E-state index is 5.65. The van der Waals surface area contributed by atoms with Crippen molar-refractivity contribution in [2.45, 2.75) is 39.9 Å². The van der Waals surface area contributed by atoms with Gasteiger partial charge in [0, 0.05) is 26.7 Å². The van der Waals surface area contributed by atoms with Gasteiger partial charge in [0.2, 0.25) is 5.89 Å². The third-order valence-electron chi connectivity index (χ3n) is 3.38. The number of aromatic nitrogens is 2. The van der Waals surface area contributed by atoms with Crippen LogP contribution in [0.2, 0.25) is 0 Å². The summed E-state index contributed by atoms with van der Waals surface area (Å²) in [5.41, 5.74) is 2.58. The second-order valence-corrected chi connectivity index (χ2v) is 5.86. The highest BCUT2D eigenvalue weighted by molar-refractivity contribution is 5.22. The molecule has 0 bridgehead atoms. The van der Waals surface area contributed by atoms with Crippen LogP contribution in [-0.2, 0) is 13.1 Å². The first-order valence-corrected chi connectivity index (χ1v) is 7.25. The first kappa shape index (κ1) is 15.5. The van der Waals surface area contributed by atoms with E-state index < -0.39 is 0 Å². The van der Waals surface area contributed by atoms with E-state index in [4.69, 9.17) is 4.42 Å². The van der Waals surface area contributed by atoms with E-state index in [1.165, 1.54) is 11.1 Å². The molecule has 1 heterocycles. The second-order valence-electron chi connectivity index (χ2n) is 5.86. The van der Waals surface area contributed by atoms with Crippen LogP contribution in [0.3, 0.4) is 0 Å². The predicted molar refractivity (Wildman–Crippen MR) is 84.2 cm³/mol. The first-order chi connectivity index (χ1) is 9.95. The summed E-state index contributed by atoms with van der Waals surface area (Å²) in [5.74, 6) is 0.653. The Kier molecular flexibility index (Phi) is 4.96. The van der Waals surface area contributed by atoms with Crippen molar-refractivity contribution in [1.29, 1.82) is 0 Å². The third-order valence-corrected chi connectivity index (χ3v) is 3.38. The molecule has 1 aromatic carbocycles. The van der Waals surface area contributed by atoms with E-state index in [1.54, 1.807) is 0 Å². The summed E-state index contributed by atoms with van der Waals surface area (Å²) in [6.07, 6.45) is 0. The Balaban J connectivity index is 2.08. The van der Waals surface area contributed by atoms with Gasteiger partial charge in [-0.25, -0.2) is 0 Å². The lowest BCUT2D eigenvalue weighted by Crippen LogP contribution is -2.30. The van der Waals surface area contributed by atoms with Crippen LogP contribution in [0.1, 0.15) is 30.9 Å². The fourth-order valence-corrected chi connectivity index (χ4v) is 2.13. The summed E-state index contributed by atoms with van der Waals surface area (Å²) >= 11 is 0. The van der Waals surface area contributed by atoms with Gasteiger partial charge in [-0.3, -0.25) is 4.90 Å². The normalized spacial score (nSPS) is 11.4. The van der Waals surface area contributed by atoms with Crippen LogP contribution in [-0.4, -0.2) is 35.2 Å². The Hall–Kier alpha value is -1.88. The zero-order valence-electron chi connectivity index (χ0n) is 13.5. The molecule has 0 saturated heterocycles. The monoisotopic (exact) mass is 288 g/mol. The largest absolute Gasteiger partial charge is 0.407 e. The molecule has 1 aromatic heterocycles. The molecule has 21 heavy (non-hydrogen) atoms. The van der Waals surface area contributed by atoms with Crippen LogP contribution in [0.4, 0.5) is 6.01 Å². The average molecular weight is 288 g/mol. The van der Waals surface area contributed by atoms with E-state index in [0.29, 0.717) is 24.5 Å². The number of benzene rings is 1. The quantitative estimate of drug-likeness (QED) is 0.818. The number of hydrogen-bond donors (Lipinski definition) is 0. The van der Waals surface area contributed by atoms with Gasteiger partial charge in [0.05, 0.1) is 6.54 Å². The van der Waals surface area contributed by atoms with Crippen molar-refractivity contribution >= 4 is 6.01 Å². The maximum Gasteiger partial charge on any atom is 0.317 e. The minimum atomic E-state index is 0.403. The predicted octanol–water partition coefficient (Wildman–Crippen LogP) is 2.85. The molecule has 0 atom stereocenters. The molecule has 2 rings (SSSR count). The number of rotatable bonds is 6. The van der Waals surface area contributed by atoms with Crippen LogP contribution in [0, 0.1) is 6.92 Å². The molecule has 5 nitrogen and oxygen atoms in total. The SMILES string of the molecule is Cc1cccc(CN(Cc2nnc(N(C)C)o2)C(C)C)c1. The lowest BCUT2D eigenvalue weighted by molar-refractivity contribution is 0.184. The van der Waals surface area contributed by atoms with Gasteiger partial charge in [-0.2, -0.15) is 0 Å². The average Bonchev–Trinajstić information content (AvgIpc) is 2.86. The molecule has 114 valence electrons. The topological polar surface area (TPSA) is 45.4 Å². The second kappa shape index (κ2) is 6.72. The van der Waals surface area contributed by atoms with E-state index in [2.05, 4.69) is 60.1 Å². The minimum Gasteiger partial charge on any atom is -0.407 e. The van der Waals surface area contributed by atoms with Crippen LogP contribution in [0.25, 0.3) is 0 Å². The fraction of sp³-hybridized carbons (Fsp3) is 0.500. The molecular formula is C16H24N4O. The van der Waals surface area contributed by atoms with Gasteiger partial charge in [-0.1, -0.05) is 34.9 Å². The summed E-state index contributed by atoms with van der Waals surface area (Å²) in [7, 11) is 3.79. The first-order valence-electron chi connectivity index (χ1n) is 7.25. The summed E-state index contributed by atoms with van der Waals surface area (Å²) in [5, 5.41) is 8.15. The van der Waals surface area contributed by atoms with Crippen LogP contribution < -0.4 is 4.90 Å². The van der Waals surface area contributed by atoms with Gasteiger partial charge in [0.1, 0.15) is 0 Å². The highest BCUT2D eigenvalue weighted by Gasteiger charge is 2.15. The maximum absolute atomic E-state index is 5.65.